The fourth-order valence-electron chi connectivity index (χ4n) is 2.07. The molecule has 0 atom stereocenters. The Morgan fingerprint density at radius 1 is 1.08 bits per heavy atom. The average molecular weight is 333 g/mol. The highest BCUT2D eigenvalue weighted by atomic mass is 16.5. The number of esters is 1. The van der Waals surface area contributed by atoms with Crippen LogP contribution in [0, 0.1) is 0 Å². The van der Waals surface area contributed by atoms with Crippen molar-refractivity contribution in [2.75, 3.05) is 19.7 Å². The maximum atomic E-state index is 12.1. The summed E-state index contributed by atoms with van der Waals surface area (Å²) in [5.74, 6) is -2.95. The topological polar surface area (TPSA) is 122 Å². The van der Waals surface area contributed by atoms with Crippen LogP contribution >= 0.6 is 0 Å². The van der Waals surface area contributed by atoms with Crippen molar-refractivity contribution in [3.8, 4) is 0 Å². The van der Waals surface area contributed by atoms with E-state index in [9.17, 15) is 24.0 Å². The van der Waals surface area contributed by atoms with Crippen LogP contribution in [0.4, 0.5) is 4.79 Å². The van der Waals surface area contributed by atoms with E-state index in [1.165, 1.54) is 12.1 Å². The van der Waals surface area contributed by atoms with Crippen LogP contribution in [0.3, 0.4) is 0 Å². The van der Waals surface area contributed by atoms with Gasteiger partial charge in [0.1, 0.15) is 6.54 Å². The van der Waals surface area contributed by atoms with Crippen LogP contribution in [0.25, 0.3) is 0 Å². The lowest BCUT2D eigenvalue weighted by Gasteiger charge is -2.12. The van der Waals surface area contributed by atoms with Crippen molar-refractivity contribution in [3.63, 3.8) is 0 Å². The number of carbonyl (C=O) groups excluding carboxylic acids is 5. The molecule has 0 fully saturated rings. The van der Waals surface area contributed by atoms with Crippen LogP contribution in [0.5, 0.6) is 0 Å². The lowest BCUT2D eigenvalue weighted by molar-refractivity contribution is -0.148. The normalized spacial score (nSPS) is 12.6. The van der Waals surface area contributed by atoms with Gasteiger partial charge in [0.05, 0.1) is 11.1 Å². The Labute approximate surface area is 136 Å². The lowest BCUT2D eigenvalue weighted by Crippen LogP contribution is -2.42. The highest BCUT2D eigenvalue weighted by Gasteiger charge is 2.36. The molecule has 24 heavy (non-hydrogen) atoms. The van der Waals surface area contributed by atoms with Crippen molar-refractivity contribution >= 4 is 29.7 Å². The molecule has 0 aliphatic carbocycles. The van der Waals surface area contributed by atoms with E-state index in [1.54, 1.807) is 19.1 Å². The number of hydrogen-bond donors (Lipinski definition) is 2. The van der Waals surface area contributed by atoms with Gasteiger partial charge in [0, 0.05) is 6.54 Å². The minimum atomic E-state index is -0.935. The first-order valence-electron chi connectivity index (χ1n) is 7.12. The molecule has 126 valence electrons. The number of urea groups is 1. The smallest absolute Gasteiger partial charge is 0.326 e. The number of imide groups is 2. The van der Waals surface area contributed by atoms with Gasteiger partial charge in [-0.15, -0.1) is 0 Å². The fourth-order valence-corrected chi connectivity index (χ4v) is 2.07. The van der Waals surface area contributed by atoms with Crippen molar-refractivity contribution in [2.45, 2.75) is 6.92 Å². The number of nitrogens with zero attached hydrogens (tertiary/aromatic N) is 1. The number of benzene rings is 1. The van der Waals surface area contributed by atoms with E-state index in [4.69, 9.17) is 0 Å². The second kappa shape index (κ2) is 7.36. The monoisotopic (exact) mass is 333 g/mol. The van der Waals surface area contributed by atoms with E-state index in [2.05, 4.69) is 10.1 Å². The summed E-state index contributed by atoms with van der Waals surface area (Å²) >= 11 is 0. The summed E-state index contributed by atoms with van der Waals surface area (Å²) in [5, 5.41) is 4.28. The fraction of sp³-hybridized carbons (Fsp3) is 0.267. The Kier molecular flexibility index (Phi) is 5.25. The molecule has 0 saturated heterocycles. The van der Waals surface area contributed by atoms with Crippen LogP contribution in [0.15, 0.2) is 24.3 Å². The van der Waals surface area contributed by atoms with Gasteiger partial charge in [-0.2, -0.15) is 0 Å². The summed E-state index contributed by atoms with van der Waals surface area (Å²) in [7, 11) is 0. The number of nitrogens with one attached hydrogen (secondary N) is 2. The number of ether oxygens (including phenoxy) is 1. The van der Waals surface area contributed by atoms with Gasteiger partial charge in [-0.05, 0) is 19.1 Å². The molecule has 0 bridgehead atoms. The Balaban J connectivity index is 1.86. The van der Waals surface area contributed by atoms with Gasteiger partial charge in [0.2, 0.25) is 0 Å². The maximum absolute atomic E-state index is 12.1. The van der Waals surface area contributed by atoms with Gasteiger partial charge in [-0.3, -0.25) is 29.4 Å². The van der Waals surface area contributed by atoms with E-state index in [0.29, 0.717) is 6.54 Å². The SMILES string of the molecule is CCNC(=O)NC(=O)COC(=O)CN1C(=O)c2ccccc2C1=O. The Morgan fingerprint density at radius 2 is 1.67 bits per heavy atom. The molecule has 2 rings (SSSR count). The zero-order valence-corrected chi connectivity index (χ0v) is 12.8. The molecule has 9 heteroatoms. The average Bonchev–Trinajstić information content (AvgIpc) is 2.79. The third kappa shape index (κ3) is 3.75. The van der Waals surface area contributed by atoms with Gasteiger partial charge in [-0.1, -0.05) is 12.1 Å². The second-order valence-electron chi connectivity index (χ2n) is 4.81. The molecule has 1 aromatic rings. The molecule has 0 saturated carbocycles. The van der Waals surface area contributed by atoms with Crippen LogP contribution in [0.1, 0.15) is 27.6 Å². The summed E-state index contributed by atoms with van der Waals surface area (Å²) in [4.78, 5) is 59.1. The van der Waals surface area contributed by atoms with Crippen LogP contribution in [-0.2, 0) is 14.3 Å². The number of carbonyl (C=O) groups is 5. The summed E-state index contributed by atoms with van der Waals surface area (Å²) in [6.07, 6.45) is 0. The van der Waals surface area contributed by atoms with E-state index >= 15 is 0 Å². The van der Waals surface area contributed by atoms with E-state index in [0.717, 1.165) is 4.90 Å². The molecule has 1 aliphatic heterocycles. The number of amides is 5. The first-order valence-corrected chi connectivity index (χ1v) is 7.12. The van der Waals surface area contributed by atoms with E-state index < -0.39 is 42.9 Å². The van der Waals surface area contributed by atoms with Crippen molar-refractivity contribution in [3.05, 3.63) is 35.4 Å². The Morgan fingerprint density at radius 3 is 2.21 bits per heavy atom. The van der Waals surface area contributed by atoms with Gasteiger partial charge >= 0.3 is 12.0 Å². The van der Waals surface area contributed by atoms with Gasteiger partial charge < -0.3 is 10.1 Å². The van der Waals surface area contributed by atoms with Gasteiger partial charge in [0.15, 0.2) is 6.61 Å². The summed E-state index contributed by atoms with van der Waals surface area (Å²) in [6.45, 7) is 0.699. The molecule has 1 heterocycles. The molecule has 1 aliphatic rings. The summed E-state index contributed by atoms with van der Waals surface area (Å²) < 4.78 is 4.66. The van der Waals surface area contributed by atoms with Gasteiger partial charge in [0.25, 0.3) is 17.7 Å². The zero-order valence-electron chi connectivity index (χ0n) is 12.8. The highest BCUT2D eigenvalue weighted by molar-refractivity contribution is 6.22. The molecule has 5 amide bonds. The molecular formula is C15H15N3O6. The number of fused-ring (bicyclic) bond motifs is 1. The maximum Gasteiger partial charge on any atom is 0.326 e. The minimum Gasteiger partial charge on any atom is -0.454 e. The number of rotatable bonds is 5. The van der Waals surface area contributed by atoms with Crippen molar-refractivity contribution in [1.29, 1.82) is 0 Å². The van der Waals surface area contributed by atoms with Crippen molar-refractivity contribution in [2.24, 2.45) is 0 Å². The van der Waals surface area contributed by atoms with Crippen molar-refractivity contribution < 1.29 is 28.7 Å². The largest absolute Gasteiger partial charge is 0.454 e. The summed E-state index contributed by atoms with van der Waals surface area (Å²) in [5.41, 5.74) is 0.425. The highest BCUT2D eigenvalue weighted by Crippen LogP contribution is 2.21. The third-order valence-corrected chi connectivity index (χ3v) is 3.12. The Hall–Kier alpha value is -3.23. The molecular weight excluding hydrogens is 318 g/mol. The van der Waals surface area contributed by atoms with Crippen LogP contribution < -0.4 is 10.6 Å². The first kappa shape index (κ1) is 17.1. The van der Waals surface area contributed by atoms with Crippen LogP contribution in [-0.4, -0.2) is 54.3 Å². The standard InChI is InChI=1S/C15H15N3O6/c1-2-16-15(23)17-11(19)8-24-12(20)7-18-13(21)9-5-3-4-6-10(9)14(18)22/h3-6H,2,7-8H2,1H3,(H2,16,17,19,23). The second-order valence-corrected chi connectivity index (χ2v) is 4.81. The molecule has 0 radical (unpaired) electrons. The van der Waals surface area contributed by atoms with Crippen LogP contribution in [0.2, 0.25) is 0 Å². The van der Waals surface area contributed by atoms with Crippen molar-refractivity contribution in [1.82, 2.24) is 15.5 Å². The molecule has 9 nitrogen and oxygen atoms in total. The quantitative estimate of drug-likeness (QED) is 0.562. The molecule has 0 aromatic heterocycles. The summed E-state index contributed by atoms with van der Waals surface area (Å²) in [6, 6.07) is 5.48. The predicted molar refractivity (Wildman–Crippen MR) is 80.0 cm³/mol. The molecule has 2 N–H and O–H groups in total. The number of hydrogen-bond acceptors (Lipinski definition) is 6. The first-order chi connectivity index (χ1) is 11.4. The van der Waals surface area contributed by atoms with Gasteiger partial charge in [-0.25, -0.2) is 4.79 Å². The molecule has 1 aromatic carbocycles. The zero-order chi connectivity index (χ0) is 17.7. The predicted octanol–water partition coefficient (Wildman–Crippen LogP) is -0.328. The lowest BCUT2D eigenvalue weighted by atomic mass is 10.1. The Bertz CT molecular complexity index is 680. The van der Waals surface area contributed by atoms with E-state index in [1.807, 2.05) is 5.32 Å². The minimum absolute atomic E-state index is 0.212. The molecule has 0 unspecified atom stereocenters. The molecule has 0 spiro atoms. The third-order valence-electron chi connectivity index (χ3n) is 3.12. The van der Waals surface area contributed by atoms with E-state index in [-0.39, 0.29) is 11.1 Å².